The van der Waals surface area contributed by atoms with Crippen molar-refractivity contribution >= 4 is 11.6 Å². The van der Waals surface area contributed by atoms with Crippen LogP contribution in [0.25, 0.3) is 0 Å². The van der Waals surface area contributed by atoms with E-state index in [0.717, 1.165) is 12.8 Å². The van der Waals surface area contributed by atoms with Crippen molar-refractivity contribution in [1.29, 1.82) is 0 Å². The second-order valence-electron chi connectivity index (χ2n) is 5.98. The number of nitro benzene ring substituents is 1. The summed E-state index contributed by atoms with van der Waals surface area (Å²) in [5.41, 5.74) is 1.02. The summed E-state index contributed by atoms with van der Waals surface area (Å²) in [6.45, 7) is 1.64. The van der Waals surface area contributed by atoms with Crippen LogP contribution in [0.1, 0.15) is 41.6 Å². The Morgan fingerprint density at radius 2 is 1.95 bits per heavy atom. The zero-order valence-corrected chi connectivity index (χ0v) is 11.9. The third-order valence-electron chi connectivity index (χ3n) is 4.58. The molecule has 2 unspecified atom stereocenters. The fourth-order valence-electron chi connectivity index (χ4n) is 3.62. The summed E-state index contributed by atoms with van der Waals surface area (Å²) in [7, 11) is 0. The second-order valence-corrected chi connectivity index (χ2v) is 5.98. The predicted octanol–water partition coefficient (Wildman–Crippen LogP) is 2.03. The van der Waals surface area contributed by atoms with Crippen LogP contribution in [0.2, 0.25) is 0 Å². The first-order valence-corrected chi connectivity index (χ1v) is 7.23. The van der Waals surface area contributed by atoms with E-state index in [-0.39, 0.29) is 29.8 Å². The number of fused-ring (bicyclic) bond motifs is 2. The predicted molar refractivity (Wildman–Crippen MR) is 76.1 cm³/mol. The lowest BCUT2D eigenvalue weighted by atomic mass is 9.98. The van der Waals surface area contributed by atoms with Crippen LogP contribution in [0.3, 0.4) is 0 Å². The minimum absolute atomic E-state index is 0.0311. The van der Waals surface area contributed by atoms with Gasteiger partial charge >= 0.3 is 0 Å². The molecule has 3 rings (SSSR count). The van der Waals surface area contributed by atoms with E-state index in [9.17, 15) is 20.0 Å². The smallest absolute Gasteiger partial charge is 0.272 e. The maximum atomic E-state index is 12.7. The second kappa shape index (κ2) is 5.11. The molecule has 6 heteroatoms. The highest BCUT2D eigenvalue weighted by molar-refractivity contribution is 5.95. The number of aliphatic hydroxyl groups excluding tert-OH is 1. The van der Waals surface area contributed by atoms with E-state index in [1.165, 1.54) is 12.1 Å². The van der Waals surface area contributed by atoms with E-state index in [2.05, 4.69) is 0 Å². The Morgan fingerprint density at radius 1 is 1.33 bits per heavy atom. The van der Waals surface area contributed by atoms with Gasteiger partial charge in [-0.25, -0.2) is 0 Å². The number of amides is 1. The SMILES string of the molecule is Cc1cc(C(=O)N2C3CCC2CC(O)C3)ccc1[N+](=O)[O-]. The summed E-state index contributed by atoms with van der Waals surface area (Å²) < 4.78 is 0. The fourth-order valence-corrected chi connectivity index (χ4v) is 3.62. The number of hydrogen-bond acceptors (Lipinski definition) is 4. The quantitative estimate of drug-likeness (QED) is 0.667. The van der Waals surface area contributed by atoms with Crippen molar-refractivity contribution in [3.8, 4) is 0 Å². The van der Waals surface area contributed by atoms with Crippen LogP contribution in [0.15, 0.2) is 18.2 Å². The largest absolute Gasteiger partial charge is 0.393 e. The van der Waals surface area contributed by atoms with Gasteiger partial charge < -0.3 is 10.0 Å². The third kappa shape index (κ3) is 2.40. The molecule has 1 N–H and O–H groups in total. The number of carbonyl (C=O) groups excluding carboxylic acids is 1. The molecule has 1 aromatic carbocycles. The maximum absolute atomic E-state index is 12.7. The molecule has 2 fully saturated rings. The van der Waals surface area contributed by atoms with Crippen molar-refractivity contribution in [2.75, 3.05) is 0 Å². The van der Waals surface area contributed by atoms with E-state index in [0.29, 0.717) is 24.0 Å². The number of nitro groups is 1. The number of carbonyl (C=O) groups is 1. The van der Waals surface area contributed by atoms with Crippen LogP contribution in [0.5, 0.6) is 0 Å². The molecule has 2 bridgehead atoms. The van der Waals surface area contributed by atoms with Crippen LogP contribution in [-0.2, 0) is 0 Å². The minimum atomic E-state index is -0.440. The Bertz CT molecular complexity index is 587. The summed E-state index contributed by atoms with van der Waals surface area (Å²) in [6.07, 6.45) is 2.81. The van der Waals surface area contributed by atoms with Gasteiger partial charge in [-0.2, -0.15) is 0 Å². The van der Waals surface area contributed by atoms with Crippen molar-refractivity contribution in [3.63, 3.8) is 0 Å². The summed E-state index contributed by atoms with van der Waals surface area (Å²) >= 11 is 0. The first-order chi connectivity index (χ1) is 9.97. The number of aryl methyl sites for hydroxylation is 1. The molecule has 0 aromatic heterocycles. The van der Waals surface area contributed by atoms with Crippen molar-refractivity contribution in [2.45, 2.75) is 50.8 Å². The molecular formula is C15H18N2O4. The van der Waals surface area contributed by atoms with Crippen molar-refractivity contribution in [1.82, 2.24) is 4.90 Å². The number of aliphatic hydroxyl groups is 1. The van der Waals surface area contributed by atoms with Crippen molar-refractivity contribution in [2.24, 2.45) is 0 Å². The third-order valence-corrected chi connectivity index (χ3v) is 4.58. The van der Waals surface area contributed by atoms with Crippen LogP contribution in [0.4, 0.5) is 5.69 Å². The molecule has 0 radical (unpaired) electrons. The lowest BCUT2D eigenvalue weighted by Crippen LogP contribution is -2.48. The first kappa shape index (κ1) is 14.0. The van der Waals surface area contributed by atoms with Crippen LogP contribution in [-0.4, -0.2) is 39.0 Å². The number of nitrogens with zero attached hydrogens (tertiary/aromatic N) is 2. The molecule has 2 atom stereocenters. The van der Waals surface area contributed by atoms with Crippen molar-refractivity contribution < 1.29 is 14.8 Å². The number of piperidine rings is 1. The summed E-state index contributed by atoms with van der Waals surface area (Å²) in [5.74, 6) is -0.0765. The molecule has 1 amide bonds. The first-order valence-electron chi connectivity index (χ1n) is 7.23. The zero-order chi connectivity index (χ0) is 15.1. The standard InChI is InChI=1S/C15H18N2O4/c1-9-6-10(2-5-14(9)17(20)21)15(19)16-11-3-4-12(16)8-13(18)7-11/h2,5-6,11-13,18H,3-4,7-8H2,1H3. The maximum Gasteiger partial charge on any atom is 0.272 e. The number of rotatable bonds is 2. The Balaban J connectivity index is 1.86. The molecule has 0 saturated carbocycles. The number of hydrogen-bond donors (Lipinski definition) is 1. The van der Waals surface area contributed by atoms with E-state index in [1.807, 2.05) is 4.90 Å². The highest BCUT2D eigenvalue weighted by Gasteiger charge is 2.43. The normalized spacial score (nSPS) is 27.7. The molecule has 2 aliphatic rings. The van der Waals surface area contributed by atoms with Gasteiger partial charge in [-0.3, -0.25) is 14.9 Å². The monoisotopic (exact) mass is 290 g/mol. The molecule has 112 valence electrons. The Kier molecular flexibility index (Phi) is 3.41. The van der Waals surface area contributed by atoms with Gasteiger partial charge in [0, 0.05) is 29.3 Å². The molecular weight excluding hydrogens is 272 g/mol. The van der Waals surface area contributed by atoms with Gasteiger partial charge in [0.05, 0.1) is 11.0 Å². The molecule has 1 aromatic rings. The average molecular weight is 290 g/mol. The topological polar surface area (TPSA) is 83.7 Å². The Labute approximate surface area is 122 Å². The van der Waals surface area contributed by atoms with Gasteiger partial charge in [0.1, 0.15) is 0 Å². The highest BCUT2D eigenvalue weighted by atomic mass is 16.6. The molecule has 0 spiro atoms. The minimum Gasteiger partial charge on any atom is -0.393 e. The fraction of sp³-hybridized carbons (Fsp3) is 0.533. The molecule has 0 aliphatic carbocycles. The van der Waals surface area contributed by atoms with Crippen LogP contribution in [0, 0.1) is 17.0 Å². The Morgan fingerprint density at radius 3 is 2.48 bits per heavy atom. The molecule has 2 aliphatic heterocycles. The summed E-state index contributed by atoms with van der Waals surface area (Å²) in [4.78, 5) is 24.9. The summed E-state index contributed by atoms with van der Waals surface area (Å²) in [5, 5.41) is 20.6. The Hall–Kier alpha value is -1.95. The van der Waals surface area contributed by atoms with Gasteiger partial charge in [0.15, 0.2) is 0 Å². The number of benzene rings is 1. The lowest BCUT2D eigenvalue weighted by Gasteiger charge is -2.37. The van der Waals surface area contributed by atoms with Gasteiger partial charge in [0.25, 0.3) is 11.6 Å². The summed E-state index contributed by atoms with van der Waals surface area (Å²) in [6, 6.07) is 4.70. The molecule has 6 nitrogen and oxygen atoms in total. The van der Waals surface area contributed by atoms with E-state index >= 15 is 0 Å². The lowest BCUT2D eigenvalue weighted by molar-refractivity contribution is -0.385. The van der Waals surface area contributed by atoms with Crippen LogP contribution >= 0.6 is 0 Å². The van der Waals surface area contributed by atoms with Gasteiger partial charge in [0.2, 0.25) is 0 Å². The van der Waals surface area contributed by atoms with Gasteiger partial charge in [-0.1, -0.05) is 0 Å². The van der Waals surface area contributed by atoms with E-state index < -0.39 is 4.92 Å². The highest BCUT2D eigenvalue weighted by Crippen LogP contribution is 2.37. The zero-order valence-electron chi connectivity index (χ0n) is 11.9. The van der Waals surface area contributed by atoms with Gasteiger partial charge in [-0.05, 0) is 44.7 Å². The molecule has 2 heterocycles. The molecule has 21 heavy (non-hydrogen) atoms. The average Bonchev–Trinajstić information content (AvgIpc) is 2.69. The van der Waals surface area contributed by atoms with Crippen molar-refractivity contribution in [3.05, 3.63) is 39.4 Å². The van der Waals surface area contributed by atoms with Crippen LogP contribution < -0.4 is 0 Å². The van der Waals surface area contributed by atoms with E-state index in [1.54, 1.807) is 13.0 Å². The van der Waals surface area contributed by atoms with E-state index in [4.69, 9.17) is 0 Å². The van der Waals surface area contributed by atoms with Gasteiger partial charge in [-0.15, -0.1) is 0 Å². The molecule has 2 saturated heterocycles.